The number of amides is 1. The summed E-state index contributed by atoms with van der Waals surface area (Å²) in [4.78, 5) is 15.0. The van der Waals surface area contributed by atoms with E-state index in [1.54, 1.807) is 14.2 Å². The van der Waals surface area contributed by atoms with Crippen molar-refractivity contribution in [2.24, 2.45) is 0 Å². The fraction of sp³-hybridized carbons (Fsp3) is 0.350. The van der Waals surface area contributed by atoms with Gasteiger partial charge in [-0.25, -0.2) is 0 Å². The Morgan fingerprint density at radius 2 is 1.79 bits per heavy atom. The lowest BCUT2D eigenvalue weighted by Gasteiger charge is -2.36. The molecule has 2 aromatic carbocycles. The Morgan fingerprint density at radius 1 is 1.04 bits per heavy atom. The molecule has 0 saturated carbocycles. The van der Waals surface area contributed by atoms with Crippen molar-refractivity contribution in [3.63, 3.8) is 0 Å². The summed E-state index contributed by atoms with van der Waals surface area (Å²) in [5, 5.41) is 0. The molecule has 4 rings (SSSR count). The number of methoxy groups -OCH3 is 2. The van der Waals surface area contributed by atoms with Gasteiger partial charge in [0.15, 0.2) is 11.5 Å². The van der Waals surface area contributed by atoms with Gasteiger partial charge in [-0.05, 0) is 54.2 Å². The summed E-state index contributed by atoms with van der Waals surface area (Å²) in [6.45, 7) is 0.789. The van der Waals surface area contributed by atoms with E-state index in [1.807, 2.05) is 23.1 Å². The van der Waals surface area contributed by atoms with Gasteiger partial charge in [-0.2, -0.15) is 0 Å². The summed E-state index contributed by atoms with van der Waals surface area (Å²) < 4.78 is 10.9. The molecule has 0 saturated heterocycles. The molecule has 0 aliphatic carbocycles. The van der Waals surface area contributed by atoms with Crippen LogP contribution in [0, 0.1) is 0 Å². The van der Waals surface area contributed by atoms with Crippen LogP contribution in [-0.2, 0) is 12.8 Å². The Kier molecular flexibility index (Phi) is 3.68. The van der Waals surface area contributed by atoms with Crippen molar-refractivity contribution in [3.05, 3.63) is 58.7 Å². The van der Waals surface area contributed by atoms with Crippen LogP contribution in [0.4, 0.5) is 0 Å². The van der Waals surface area contributed by atoms with Crippen molar-refractivity contribution in [1.82, 2.24) is 4.90 Å². The largest absolute Gasteiger partial charge is 0.493 e. The molecule has 2 aliphatic rings. The van der Waals surface area contributed by atoms with Crippen LogP contribution < -0.4 is 9.47 Å². The maximum absolute atomic E-state index is 13.0. The lowest BCUT2D eigenvalue weighted by molar-refractivity contribution is 0.0652. The predicted molar refractivity (Wildman–Crippen MR) is 91.8 cm³/mol. The van der Waals surface area contributed by atoms with E-state index < -0.39 is 0 Å². The number of carbonyl (C=O) groups is 1. The predicted octanol–water partition coefficient (Wildman–Crippen LogP) is 3.39. The quantitative estimate of drug-likeness (QED) is 0.850. The molecule has 2 heterocycles. The van der Waals surface area contributed by atoms with Gasteiger partial charge in [0.2, 0.25) is 0 Å². The Balaban J connectivity index is 1.85. The van der Waals surface area contributed by atoms with Gasteiger partial charge < -0.3 is 14.4 Å². The molecule has 1 amide bonds. The lowest BCUT2D eigenvalue weighted by Crippen LogP contribution is -2.40. The highest BCUT2D eigenvalue weighted by molar-refractivity contribution is 5.97. The van der Waals surface area contributed by atoms with E-state index in [1.165, 1.54) is 11.1 Å². The standard InChI is InChI=1S/C20H21NO3/c1-23-18-11-14-7-5-9-21-17(16(14)12-19(18)24-2)10-13-6-3-4-8-15(13)20(21)22/h3-4,6,8,11-12,17H,5,7,9-10H2,1-2H3. The van der Waals surface area contributed by atoms with E-state index in [-0.39, 0.29) is 11.9 Å². The summed E-state index contributed by atoms with van der Waals surface area (Å²) in [6, 6.07) is 12.2. The van der Waals surface area contributed by atoms with Gasteiger partial charge in [0.05, 0.1) is 20.3 Å². The van der Waals surface area contributed by atoms with Gasteiger partial charge in [-0.15, -0.1) is 0 Å². The summed E-state index contributed by atoms with van der Waals surface area (Å²) in [7, 11) is 3.31. The van der Waals surface area contributed by atoms with Gasteiger partial charge in [-0.3, -0.25) is 4.79 Å². The van der Waals surface area contributed by atoms with Crippen molar-refractivity contribution in [1.29, 1.82) is 0 Å². The number of fused-ring (bicyclic) bond motifs is 4. The number of hydrogen-bond donors (Lipinski definition) is 0. The molecule has 0 fully saturated rings. The average Bonchev–Trinajstić information content (AvgIpc) is 2.80. The van der Waals surface area contributed by atoms with E-state index in [9.17, 15) is 4.79 Å². The number of aryl methyl sites for hydroxylation is 1. The monoisotopic (exact) mass is 323 g/mol. The zero-order valence-electron chi connectivity index (χ0n) is 14.0. The van der Waals surface area contributed by atoms with Gasteiger partial charge >= 0.3 is 0 Å². The summed E-state index contributed by atoms with van der Waals surface area (Å²) in [6.07, 6.45) is 2.77. The number of carbonyl (C=O) groups excluding carboxylic acids is 1. The number of benzene rings is 2. The summed E-state index contributed by atoms with van der Waals surface area (Å²) >= 11 is 0. The third kappa shape index (κ3) is 2.25. The van der Waals surface area contributed by atoms with Gasteiger partial charge in [0.1, 0.15) is 0 Å². The Labute approximate surface area is 142 Å². The highest BCUT2D eigenvalue weighted by Crippen LogP contribution is 2.41. The number of hydrogen-bond acceptors (Lipinski definition) is 3. The van der Waals surface area contributed by atoms with E-state index in [4.69, 9.17) is 9.47 Å². The van der Waals surface area contributed by atoms with Crippen LogP contribution in [0.2, 0.25) is 0 Å². The minimum Gasteiger partial charge on any atom is -0.493 e. The topological polar surface area (TPSA) is 38.8 Å². The molecule has 4 nitrogen and oxygen atoms in total. The molecule has 0 radical (unpaired) electrons. The molecule has 2 aliphatic heterocycles. The van der Waals surface area contributed by atoms with E-state index >= 15 is 0 Å². The molecule has 2 aromatic rings. The number of nitrogens with zero attached hydrogens (tertiary/aromatic N) is 1. The summed E-state index contributed by atoms with van der Waals surface area (Å²) in [5.74, 6) is 1.63. The van der Waals surface area contributed by atoms with Crippen LogP contribution in [0.3, 0.4) is 0 Å². The minimum atomic E-state index is 0.0738. The van der Waals surface area contributed by atoms with Crippen LogP contribution >= 0.6 is 0 Å². The maximum Gasteiger partial charge on any atom is 0.254 e. The van der Waals surface area contributed by atoms with E-state index in [0.717, 1.165) is 48.4 Å². The highest BCUT2D eigenvalue weighted by atomic mass is 16.5. The first-order valence-corrected chi connectivity index (χ1v) is 8.36. The molecule has 4 heteroatoms. The maximum atomic E-state index is 13.0. The third-order valence-electron chi connectivity index (χ3n) is 5.15. The number of rotatable bonds is 2. The first-order chi connectivity index (χ1) is 11.7. The van der Waals surface area contributed by atoms with Crippen LogP contribution in [0.1, 0.15) is 39.5 Å². The normalized spacial score (nSPS) is 19.0. The van der Waals surface area contributed by atoms with Crippen molar-refractivity contribution in [3.8, 4) is 11.5 Å². The molecule has 0 bridgehead atoms. The Bertz CT molecular complexity index is 799. The molecular weight excluding hydrogens is 302 g/mol. The molecular formula is C20H21NO3. The van der Waals surface area contributed by atoms with Crippen molar-refractivity contribution in [2.75, 3.05) is 20.8 Å². The zero-order chi connectivity index (χ0) is 16.7. The van der Waals surface area contributed by atoms with Gasteiger partial charge in [0, 0.05) is 12.1 Å². The summed E-state index contributed by atoms with van der Waals surface area (Å²) in [5.41, 5.74) is 4.42. The zero-order valence-corrected chi connectivity index (χ0v) is 14.0. The fourth-order valence-corrected chi connectivity index (χ4v) is 3.96. The molecule has 0 N–H and O–H groups in total. The number of ether oxygens (including phenoxy) is 2. The molecule has 124 valence electrons. The second-order valence-electron chi connectivity index (χ2n) is 6.39. The molecule has 0 aromatic heterocycles. The highest BCUT2D eigenvalue weighted by Gasteiger charge is 2.35. The lowest BCUT2D eigenvalue weighted by atomic mass is 9.88. The first kappa shape index (κ1) is 15.1. The van der Waals surface area contributed by atoms with Gasteiger partial charge in [-0.1, -0.05) is 18.2 Å². The second-order valence-corrected chi connectivity index (χ2v) is 6.39. The van der Waals surface area contributed by atoms with E-state index in [2.05, 4.69) is 18.2 Å². The Morgan fingerprint density at radius 3 is 2.58 bits per heavy atom. The molecule has 1 atom stereocenters. The third-order valence-corrected chi connectivity index (χ3v) is 5.15. The van der Waals surface area contributed by atoms with Crippen LogP contribution in [0.5, 0.6) is 11.5 Å². The SMILES string of the molecule is COc1cc2c(cc1OC)C1Cc3ccccc3C(=O)N1CCC2. The van der Waals surface area contributed by atoms with Gasteiger partial charge in [0.25, 0.3) is 5.91 Å². The first-order valence-electron chi connectivity index (χ1n) is 8.36. The van der Waals surface area contributed by atoms with Crippen molar-refractivity contribution < 1.29 is 14.3 Å². The smallest absolute Gasteiger partial charge is 0.254 e. The van der Waals surface area contributed by atoms with Crippen LogP contribution in [-0.4, -0.2) is 31.6 Å². The van der Waals surface area contributed by atoms with E-state index in [0.29, 0.717) is 0 Å². The minimum absolute atomic E-state index is 0.0738. The van der Waals surface area contributed by atoms with Crippen LogP contribution in [0.15, 0.2) is 36.4 Å². The Hall–Kier alpha value is -2.49. The second kappa shape index (κ2) is 5.86. The van der Waals surface area contributed by atoms with Crippen molar-refractivity contribution >= 4 is 5.91 Å². The van der Waals surface area contributed by atoms with Crippen LogP contribution in [0.25, 0.3) is 0 Å². The average molecular weight is 323 g/mol. The van der Waals surface area contributed by atoms with Crippen molar-refractivity contribution in [2.45, 2.75) is 25.3 Å². The molecule has 1 unspecified atom stereocenters. The molecule has 24 heavy (non-hydrogen) atoms. The molecule has 0 spiro atoms. The fourth-order valence-electron chi connectivity index (χ4n) is 3.96.